The zero-order valence-electron chi connectivity index (χ0n) is 35.8. The van der Waals surface area contributed by atoms with Crippen molar-refractivity contribution in [3.63, 3.8) is 0 Å². The third kappa shape index (κ3) is 14.6. The number of hydrogen-bond acceptors (Lipinski definition) is 5. The zero-order valence-corrected chi connectivity index (χ0v) is 36.6. The summed E-state index contributed by atoms with van der Waals surface area (Å²) in [4.78, 5) is 22.3. The number of carbonyl (C=O) groups excluding carboxylic acids is 2. The zero-order chi connectivity index (χ0) is 56.0. The lowest BCUT2D eigenvalue weighted by Crippen LogP contribution is -2.75. The highest BCUT2D eigenvalue weighted by molar-refractivity contribution is 8.01. The van der Waals surface area contributed by atoms with Crippen molar-refractivity contribution >= 4 is 49.9 Å². The summed E-state index contributed by atoms with van der Waals surface area (Å²) in [5, 5.41) is 0. The summed E-state index contributed by atoms with van der Waals surface area (Å²) in [6.07, 6.45) is -50.5. The number of methoxy groups -OCH3 is 2. The Morgan fingerprint density at radius 2 is 0.556 bits per heavy atom. The number of ether oxygens (including phenoxy) is 2. The Hall–Kier alpha value is -5.91. The van der Waals surface area contributed by atoms with Crippen LogP contribution in [0.15, 0.2) is 84.4 Å². The van der Waals surface area contributed by atoms with E-state index in [9.17, 15) is 119 Å². The van der Waals surface area contributed by atoms with Gasteiger partial charge in [0.25, 0.3) is 0 Å². The van der Waals surface area contributed by atoms with Crippen molar-refractivity contribution in [3.05, 3.63) is 129 Å². The number of halogens is 24. The molecule has 0 saturated heterocycles. The van der Waals surface area contributed by atoms with Gasteiger partial charge in [-0.05, 0) is 30.3 Å². The van der Waals surface area contributed by atoms with Gasteiger partial charge in [-0.25, -0.2) is 9.59 Å². The summed E-state index contributed by atoms with van der Waals surface area (Å²) in [5.74, 6) is -1.44. The van der Waals surface area contributed by atoms with E-state index in [0.717, 1.165) is 14.2 Å². The van der Waals surface area contributed by atoms with E-state index in [4.69, 9.17) is 0 Å². The van der Waals surface area contributed by atoms with Crippen LogP contribution in [0.4, 0.5) is 105 Å². The van der Waals surface area contributed by atoms with Crippen molar-refractivity contribution in [2.45, 2.75) is 49.4 Å². The lowest BCUT2D eigenvalue weighted by atomic mass is 9.12. The Kier molecular flexibility index (Phi) is 16.9. The average molecular weight is 1100 g/mol. The molecule has 0 saturated carbocycles. The van der Waals surface area contributed by atoms with Crippen LogP contribution in [0.1, 0.15) is 44.5 Å². The molecule has 0 aliphatic carbocycles. The minimum absolute atomic E-state index is 0.131. The van der Waals surface area contributed by atoms with Gasteiger partial charge in [-0.15, -0.1) is 4.21 Å². The molecular weight excluding hydrogens is 1070 g/mol. The van der Waals surface area contributed by atoms with Gasteiger partial charge in [-0.1, -0.05) is 48.5 Å². The maximum Gasteiger partial charge on any atom is 0.416 e. The van der Waals surface area contributed by atoms with Crippen molar-refractivity contribution < 1.29 is 129 Å². The van der Waals surface area contributed by atoms with E-state index < -0.39 is 217 Å². The van der Waals surface area contributed by atoms with Gasteiger partial charge in [-0.3, -0.25) is 0 Å². The number of hydrogen-bond donors (Lipinski definition) is 0. The largest absolute Gasteiger partial charge is 0.465 e. The van der Waals surface area contributed by atoms with Crippen LogP contribution in [-0.2, 0) is 82.6 Å². The van der Waals surface area contributed by atoms with Crippen LogP contribution in [-0.4, -0.2) is 50.6 Å². The molecule has 0 amide bonds. The van der Waals surface area contributed by atoms with E-state index in [1.54, 1.807) is 0 Å². The molecule has 72 heavy (non-hydrogen) atoms. The van der Waals surface area contributed by atoms with Gasteiger partial charge >= 0.3 is 61.3 Å². The standard InChI is InChI=1S/C32H12BF24.C9H15O5S/c34-25(35,36)13-1-14(26(37,38)39)6-21(5-13)33(22-7-15(27(40,41)42)2-16(8-22)28(43,44)45,23-9-17(29(46,47)48)3-18(10-23)30(49,50)51)24-11-19(31(52,53)54)4-20(12-24)32(55,56)57;1-13-8(10)7(9(11)14-2)5-6-15(3,4)12/h1-12H;5H,6H2,1-4H3/q-1;+1. The summed E-state index contributed by atoms with van der Waals surface area (Å²) in [7, 11) is 0.277. The summed E-state index contributed by atoms with van der Waals surface area (Å²) in [5.41, 5.74) is -30.4. The molecular formula is C41H27BF24O5S. The first-order valence-electron chi connectivity index (χ1n) is 18.7. The number of carbonyl (C=O) groups is 2. The second-order valence-corrected chi connectivity index (χ2v) is 18.6. The SMILES string of the molecule is COC(=O)C(=CC[S+](C)(C)=O)C(=O)OC.FC(F)(F)c1cc([B-](c2cc(C(F)(F)F)cc(C(F)(F)F)c2)(c2cc(C(F)(F)F)cc(C(F)(F)F)c2)c2cc(C(F)(F)F)cc(C(F)(F)F)c2)cc(C(F)(F)F)c1. The molecule has 4 aromatic rings. The van der Waals surface area contributed by atoms with Gasteiger partial charge in [0.1, 0.15) is 30.0 Å². The van der Waals surface area contributed by atoms with Crippen molar-refractivity contribution in [1.29, 1.82) is 0 Å². The molecule has 0 aromatic heterocycles. The molecule has 0 aliphatic heterocycles. The van der Waals surface area contributed by atoms with Crippen molar-refractivity contribution in [3.8, 4) is 0 Å². The minimum Gasteiger partial charge on any atom is -0.465 e. The Balaban J connectivity index is 0.000000785. The Labute approximate surface area is 389 Å². The fourth-order valence-electron chi connectivity index (χ4n) is 6.82. The van der Waals surface area contributed by atoms with Crippen molar-refractivity contribution in [1.82, 2.24) is 0 Å². The van der Waals surface area contributed by atoms with Gasteiger partial charge in [0.15, 0.2) is 0 Å². The fourth-order valence-corrected chi connectivity index (χ4v) is 7.39. The van der Waals surface area contributed by atoms with Gasteiger partial charge < -0.3 is 9.47 Å². The van der Waals surface area contributed by atoms with Crippen LogP contribution in [0.3, 0.4) is 0 Å². The number of benzene rings is 4. The summed E-state index contributed by atoms with van der Waals surface area (Å²) in [6, 6.07) is -8.81. The van der Waals surface area contributed by atoms with Gasteiger partial charge in [0.05, 0.1) is 68.7 Å². The van der Waals surface area contributed by atoms with Gasteiger partial charge in [0.2, 0.25) is 0 Å². The Bertz CT molecular complexity index is 2280. The van der Waals surface area contributed by atoms with E-state index in [1.165, 1.54) is 18.6 Å². The molecule has 398 valence electrons. The first-order valence-corrected chi connectivity index (χ1v) is 21.3. The summed E-state index contributed by atoms with van der Waals surface area (Å²) >= 11 is 0. The predicted molar refractivity (Wildman–Crippen MR) is 207 cm³/mol. The summed E-state index contributed by atoms with van der Waals surface area (Å²) in [6.45, 7) is 0. The molecule has 4 aromatic carbocycles. The molecule has 0 atom stereocenters. The van der Waals surface area contributed by atoms with Crippen molar-refractivity contribution in [2.24, 2.45) is 0 Å². The van der Waals surface area contributed by atoms with Gasteiger partial charge in [0, 0.05) is 0 Å². The summed E-state index contributed by atoms with van der Waals surface area (Å²) < 4.78 is 361. The van der Waals surface area contributed by atoms with Crippen LogP contribution in [0.2, 0.25) is 0 Å². The van der Waals surface area contributed by atoms with Crippen molar-refractivity contribution in [2.75, 3.05) is 32.5 Å². The van der Waals surface area contributed by atoms with E-state index in [1.807, 2.05) is 0 Å². The number of esters is 2. The Morgan fingerprint density at radius 1 is 0.389 bits per heavy atom. The van der Waals surface area contributed by atoms with Crippen LogP contribution in [0, 0.1) is 0 Å². The first kappa shape index (κ1) is 60.4. The van der Waals surface area contributed by atoms with E-state index in [-0.39, 0.29) is 11.3 Å². The topological polar surface area (TPSA) is 69.7 Å². The molecule has 31 heteroatoms. The highest BCUT2D eigenvalue weighted by Gasteiger charge is 2.47. The molecule has 4 rings (SSSR count). The van der Waals surface area contributed by atoms with E-state index in [2.05, 4.69) is 9.47 Å². The van der Waals surface area contributed by atoms with E-state index in [0.29, 0.717) is 0 Å². The molecule has 0 bridgehead atoms. The van der Waals surface area contributed by atoms with Crippen LogP contribution >= 0.6 is 0 Å². The van der Waals surface area contributed by atoms with Crippen LogP contribution in [0.25, 0.3) is 0 Å². The molecule has 0 unspecified atom stereocenters. The second kappa shape index (κ2) is 20.2. The third-order valence-electron chi connectivity index (χ3n) is 9.94. The first-order chi connectivity index (χ1) is 32.1. The lowest BCUT2D eigenvalue weighted by Gasteiger charge is -2.46. The maximum absolute atomic E-state index is 14.2. The molecule has 0 N–H and O–H groups in total. The van der Waals surface area contributed by atoms with Gasteiger partial charge in [-0.2, -0.15) is 127 Å². The molecule has 0 heterocycles. The fraction of sp³-hybridized carbons (Fsp3) is 0.317. The van der Waals surface area contributed by atoms with Crippen LogP contribution in [0.5, 0.6) is 0 Å². The Morgan fingerprint density at radius 3 is 0.681 bits per heavy atom. The lowest BCUT2D eigenvalue weighted by molar-refractivity contribution is -0.145. The minimum atomic E-state index is -6.13. The maximum atomic E-state index is 14.2. The highest BCUT2D eigenvalue weighted by atomic mass is 32.2. The third-order valence-corrected chi connectivity index (χ3v) is 10.9. The molecule has 0 spiro atoms. The molecule has 0 aliphatic rings. The second-order valence-electron chi connectivity index (χ2n) is 15.4. The normalized spacial score (nSPS) is 13.5. The number of rotatable bonds is 8. The monoisotopic (exact) mass is 1100 g/mol. The molecule has 0 fully saturated rings. The molecule has 5 nitrogen and oxygen atoms in total. The highest BCUT2D eigenvalue weighted by Crippen LogP contribution is 2.41. The van der Waals surface area contributed by atoms with E-state index >= 15 is 0 Å². The van der Waals surface area contributed by atoms with Crippen LogP contribution < -0.4 is 21.9 Å². The number of alkyl halides is 24. The predicted octanol–water partition coefficient (Wildman–Crippen LogP) is 11.2. The quantitative estimate of drug-likeness (QED) is 0.0334. The average Bonchev–Trinajstić information content (AvgIpc) is 3.20. The smallest absolute Gasteiger partial charge is 0.416 e. The molecule has 0 radical (unpaired) electrons.